The summed E-state index contributed by atoms with van der Waals surface area (Å²) in [6.07, 6.45) is 1.30. The quantitative estimate of drug-likeness (QED) is 0.683. The molecular weight excluding hydrogens is 314 g/mol. The highest BCUT2D eigenvalue weighted by Gasteiger charge is 2.25. The lowest BCUT2D eigenvalue weighted by molar-refractivity contribution is -0.141. The van der Waals surface area contributed by atoms with Crippen molar-refractivity contribution in [3.8, 4) is 11.5 Å². The molecule has 1 fully saturated rings. The van der Waals surface area contributed by atoms with Crippen LogP contribution >= 0.6 is 0 Å². The molecule has 0 aliphatic carbocycles. The van der Waals surface area contributed by atoms with Crippen LogP contribution < -0.4 is 25.4 Å². The molecule has 8 nitrogen and oxygen atoms in total. The van der Waals surface area contributed by atoms with Crippen molar-refractivity contribution in [2.75, 3.05) is 32.6 Å². The number of carbonyl (C=O) groups excluding carboxylic acids is 3. The maximum atomic E-state index is 12.0. The van der Waals surface area contributed by atoms with Gasteiger partial charge in [0, 0.05) is 17.7 Å². The Bertz CT molecular complexity index is 626. The molecule has 1 aliphatic heterocycles. The van der Waals surface area contributed by atoms with E-state index >= 15 is 0 Å². The minimum atomic E-state index is -0.978. The van der Waals surface area contributed by atoms with Gasteiger partial charge in [0.05, 0.1) is 14.2 Å². The van der Waals surface area contributed by atoms with Crippen LogP contribution in [0.2, 0.25) is 0 Å². The van der Waals surface area contributed by atoms with Crippen molar-refractivity contribution in [2.45, 2.75) is 12.8 Å². The number of hydrogen-bond donors (Lipinski definition) is 3. The average Bonchev–Trinajstić information content (AvgIpc) is 2.62. The van der Waals surface area contributed by atoms with Gasteiger partial charge in [0.1, 0.15) is 0 Å². The molecule has 24 heavy (non-hydrogen) atoms. The number of amides is 3. The van der Waals surface area contributed by atoms with E-state index in [1.54, 1.807) is 12.1 Å². The zero-order valence-corrected chi connectivity index (χ0v) is 13.7. The summed E-state index contributed by atoms with van der Waals surface area (Å²) < 4.78 is 10.2. The number of anilines is 1. The van der Waals surface area contributed by atoms with E-state index in [1.807, 2.05) is 0 Å². The smallest absolute Gasteiger partial charge is 0.316 e. The van der Waals surface area contributed by atoms with Gasteiger partial charge in [-0.05, 0) is 38.1 Å². The van der Waals surface area contributed by atoms with E-state index in [1.165, 1.54) is 20.3 Å². The fraction of sp³-hybridized carbons (Fsp3) is 0.438. The Morgan fingerprint density at radius 3 is 2.33 bits per heavy atom. The number of imide groups is 1. The van der Waals surface area contributed by atoms with Gasteiger partial charge in [0.25, 0.3) is 0 Å². The highest BCUT2D eigenvalue weighted by molar-refractivity contribution is 6.42. The second kappa shape index (κ2) is 8.30. The normalized spacial score (nSPS) is 14.6. The third-order valence-corrected chi connectivity index (χ3v) is 3.79. The predicted molar refractivity (Wildman–Crippen MR) is 86.9 cm³/mol. The predicted octanol–water partition coefficient (Wildman–Crippen LogP) is 0.285. The van der Waals surface area contributed by atoms with Gasteiger partial charge < -0.3 is 20.1 Å². The van der Waals surface area contributed by atoms with Gasteiger partial charge in [-0.3, -0.25) is 19.7 Å². The summed E-state index contributed by atoms with van der Waals surface area (Å²) in [6.45, 7) is 1.45. The van der Waals surface area contributed by atoms with Gasteiger partial charge in [-0.15, -0.1) is 0 Å². The highest BCUT2D eigenvalue weighted by atomic mass is 16.5. The van der Waals surface area contributed by atoms with E-state index < -0.39 is 17.7 Å². The fourth-order valence-corrected chi connectivity index (χ4v) is 2.46. The van der Waals surface area contributed by atoms with E-state index in [0.717, 1.165) is 13.1 Å². The maximum Gasteiger partial charge on any atom is 0.316 e. The zero-order valence-electron chi connectivity index (χ0n) is 13.7. The molecule has 1 heterocycles. The van der Waals surface area contributed by atoms with Gasteiger partial charge in [0.2, 0.25) is 5.91 Å². The lowest BCUT2D eigenvalue weighted by atomic mass is 9.97. The Balaban J connectivity index is 1.93. The minimum absolute atomic E-state index is 0.246. The first kappa shape index (κ1) is 17.7. The highest BCUT2D eigenvalue weighted by Crippen LogP contribution is 2.29. The van der Waals surface area contributed by atoms with Crippen LogP contribution in [0.1, 0.15) is 12.8 Å². The third kappa shape index (κ3) is 4.45. The molecule has 130 valence electrons. The number of ether oxygens (including phenoxy) is 2. The molecule has 0 spiro atoms. The molecule has 3 N–H and O–H groups in total. The monoisotopic (exact) mass is 335 g/mol. The van der Waals surface area contributed by atoms with Crippen LogP contribution in [0, 0.1) is 5.92 Å². The summed E-state index contributed by atoms with van der Waals surface area (Å²) in [7, 11) is 2.96. The van der Waals surface area contributed by atoms with Crippen molar-refractivity contribution in [3.63, 3.8) is 0 Å². The Morgan fingerprint density at radius 1 is 1.04 bits per heavy atom. The summed E-state index contributed by atoms with van der Waals surface area (Å²) in [6, 6.07) is 4.70. The zero-order chi connectivity index (χ0) is 17.5. The number of carbonyl (C=O) groups is 3. The minimum Gasteiger partial charge on any atom is -0.493 e. The maximum absolute atomic E-state index is 12.0. The van der Waals surface area contributed by atoms with Crippen molar-refractivity contribution in [2.24, 2.45) is 5.92 Å². The topological polar surface area (TPSA) is 106 Å². The van der Waals surface area contributed by atoms with E-state index in [2.05, 4.69) is 16.0 Å². The first-order chi connectivity index (χ1) is 11.5. The molecular formula is C16H21N3O5. The second-order valence-corrected chi connectivity index (χ2v) is 5.37. The Hall–Kier alpha value is -2.61. The number of rotatable bonds is 4. The molecule has 0 atom stereocenters. The molecule has 0 aromatic heterocycles. The van der Waals surface area contributed by atoms with Gasteiger partial charge in [-0.2, -0.15) is 0 Å². The van der Waals surface area contributed by atoms with Crippen molar-refractivity contribution in [1.82, 2.24) is 10.6 Å². The number of nitrogens with one attached hydrogen (secondary N) is 3. The number of benzene rings is 1. The van der Waals surface area contributed by atoms with Crippen LogP contribution in [0.4, 0.5) is 5.69 Å². The summed E-state index contributed by atoms with van der Waals surface area (Å²) in [5.74, 6) is -1.63. The van der Waals surface area contributed by atoms with Gasteiger partial charge >= 0.3 is 11.8 Å². The molecule has 1 aliphatic rings. The molecule has 0 radical (unpaired) electrons. The summed E-state index contributed by atoms with van der Waals surface area (Å²) in [5.41, 5.74) is 0.363. The van der Waals surface area contributed by atoms with Crippen LogP contribution in [0.25, 0.3) is 0 Å². The molecule has 1 aromatic carbocycles. The molecule has 1 saturated heterocycles. The largest absolute Gasteiger partial charge is 0.493 e. The Kier molecular flexibility index (Phi) is 6.14. The van der Waals surface area contributed by atoms with Crippen molar-refractivity contribution < 1.29 is 23.9 Å². The van der Waals surface area contributed by atoms with Crippen LogP contribution in [-0.4, -0.2) is 45.0 Å². The van der Waals surface area contributed by atoms with Crippen LogP contribution in [0.3, 0.4) is 0 Å². The number of piperidine rings is 1. The Labute approximate surface area is 139 Å². The molecule has 0 saturated carbocycles. The van der Waals surface area contributed by atoms with E-state index in [4.69, 9.17) is 9.47 Å². The standard InChI is InChI=1S/C16H21N3O5/c1-23-12-4-3-11(9-13(12)24-2)18-15(21)16(22)19-14(20)10-5-7-17-8-6-10/h3-4,9-10,17H,5-8H2,1-2H3,(H,18,21)(H,19,20,22). The molecule has 8 heteroatoms. The summed E-state index contributed by atoms with van der Waals surface area (Å²) in [4.78, 5) is 35.8. The molecule has 2 rings (SSSR count). The van der Waals surface area contributed by atoms with E-state index in [-0.39, 0.29) is 5.92 Å². The summed E-state index contributed by atoms with van der Waals surface area (Å²) >= 11 is 0. The van der Waals surface area contributed by atoms with Crippen molar-refractivity contribution in [3.05, 3.63) is 18.2 Å². The van der Waals surface area contributed by atoms with Gasteiger partial charge in [-0.1, -0.05) is 0 Å². The molecule has 0 unspecified atom stereocenters. The van der Waals surface area contributed by atoms with Crippen molar-refractivity contribution >= 4 is 23.4 Å². The lowest BCUT2D eigenvalue weighted by Gasteiger charge is -2.21. The Morgan fingerprint density at radius 2 is 1.71 bits per heavy atom. The van der Waals surface area contributed by atoms with Gasteiger partial charge in [0.15, 0.2) is 11.5 Å². The van der Waals surface area contributed by atoms with Crippen molar-refractivity contribution in [1.29, 1.82) is 0 Å². The summed E-state index contributed by atoms with van der Waals surface area (Å²) in [5, 5.41) is 7.70. The van der Waals surface area contributed by atoms with Gasteiger partial charge in [-0.25, -0.2) is 0 Å². The molecule has 3 amide bonds. The fourth-order valence-electron chi connectivity index (χ4n) is 2.46. The lowest BCUT2D eigenvalue weighted by Crippen LogP contribution is -2.44. The van der Waals surface area contributed by atoms with Crippen LogP contribution in [0.5, 0.6) is 11.5 Å². The first-order valence-electron chi connectivity index (χ1n) is 7.64. The number of hydrogen-bond acceptors (Lipinski definition) is 6. The average molecular weight is 335 g/mol. The first-order valence-corrected chi connectivity index (χ1v) is 7.64. The van der Waals surface area contributed by atoms with Crippen LogP contribution in [-0.2, 0) is 14.4 Å². The SMILES string of the molecule is COc1ccc(NC(=O)C(=O)NC(=O)C2CCNCC2)cc1OC. The van der Waals surface area contributed by atoms with E-state index in [0.29, 0.717) is 30.0 Å². The second-order valence-electron chi connectivity index (χ2n) is 5.37. The molecule has 0 bridgehead atoms. The van der Waals surface area contributed by atoms with E-state index in [9.17, 15) is 14.4 Å². The third-order valence-electron chi connectivity index (χ3n) is 3.79. The number of methoxy groups -OCH3 is 2. The molecule has 1 aromatic rings. The van der Waals surface area contributed by atoms with Crippen LogP contribution in [0.15, 0.2) is 18.2 Å².